The molecule has 0 radical (unpaired) electrons. The van der Waals surface area contributed by atoms with Crippen LogP contribution in [0.25, 0.3) is 0 Å². The smallest absolute Gasteiger partial charge is 0.276 e. The van der Waals surface area contributed by atoms with Crippen LogP contribution in [0.2, 0.25) is 0 Å². The van der Waals surface area contributed by atoms with Gasteiger partial charge in [-0.15, -0.1) is 0 Å². The minimum Gasteiger partial charge on any atom is -0.384 e. The minimum atomic E-state index is -0.580. The number of amides is 1. The average Bonchev–Trinajstić information content (AvgIpc) is 2.90. The lowest BCUT2D eigenvalue weighted by Gasteiger charge is -2.35. The van der Waals surface area contributed by atoms with Gasteiger partial charge in [-0.3, -0.25) is 14.2 Å². The molecule has 2 aromatic rings. The van der Waals surface area contributed by atoms with Crippen molar-refractivity contribution in [3.8, 4) is 0 Å². The molecule has 8 nitrogen and oxygen atoms in total. The number of nitrogens with two attached hydrogens (primary N) is 1. The molecule has 4 N–H and O–H groups in total. The monoisotopic (exact) mass is 354 g/mol. The van der Waals surface area contributed by atoms with E-state index in [4.69, 9.17) is 5.73 Å². The molecule has 1 fully saturated rings. The normalized spacial score (nSPS) is 17.8. The van der Waals surface area contributed by atoms with E-state index >= 15 is 0 Å². The highest BCUT2D eigenvalue weighted by Gasteiger charge is 2.45. The average molecular weight is 354 g/mol. The molecule has 0 bridgehead atoms. The van der Waals surface area contributed by atoms with Crippen LogP contribution in [-0.4, -0.2) is 20.4 Å². The van der Waals surface area contributed by atoms with Gasteiger partial charge in [0.1, 0.15) is 29.2 Å². The van der Waals surface area contributed by atoms with Gasteiger partial charge >= 0.3 is 0 Å². The Kier molecular flexibility index (Phi) is 3.90. The molecular weight excluding hydrogens is 332 g/mol. The van der Waals surface area contributed by atoms with Crippen molar-refractivity contribution in [3.63, 3.8) is 0 Å². The number of carbonyl (C=O) groups is 1. The standard InChI is InChI=1S/C18H22N6O2/c1-11-7-13(20-9-12-8-14(19)22-10-21-12)17(26)24-15(11)16(25)23-18(24)5-3-2-4-6-18/h7-8,10,20H,2-6,9H2,1H3,(H,23,25)(H2,19,21,22). The summed E-state index contributed by atoms with van der Waals surface area (Å²) in [6.07, 6.45) is 6.11. The molecule has 2 aliphatic rings. The summed E-state index contributed by atoms with van der Waals surface area (Å²) in [5.41, 5.74) is 7.35. The number of nitrogens with one attached hydrogen (secondary N) is 2. The van der Waals surface area contributed by atoms with Crippen LogP contribution in [0.5, 0.6) is 0 Å². The van der Waals surface area contributed by atoms with E-state index in [-0.39, 0.29) is 11.5 Å². The van der Waals surface area contributed by atoms with Crippen molar-refractivity contribution in [1.82, 2.24) is 19.9 Å². The van der Waals surface area contributed by atoms with Crippen molar-refractivity contribution in [2.24, 2.45) is 0 Å². The zero-order valence-corrected chi connectivity index (χ0v) is 14.7. The Bertz CT molecular complexity index is 930. The highest BCUT2D eigenvalue weighted by Crippen LogP contribution is 2.37. The van der Waals surface area contributed by atoms with E-state index in [9.17, 15) is 9.59 Å². The molecule has 0 unspecified atom stereocenters. The molecule has 136 valence electrons. The molecule has 8 heteroatoms. The van der Waals surface area contributed by atoms with Gasteiger partial charge in [-0.05, 0) is 44.2 Å². The molecular formula is C18H22N6O2. The number of hydrogen-bond donors (Lipinski definition) is 3. The summed E-state index contributed by atoms with van der Waals surface area (Å²) in [4.78, 5) is 33.7. The van der Waals surface area contributed by atoms with E-state index in [1.807, 2.05) is 6.92 Å². The second-order valence-electron chi connectivity index (χ2n) is 7.06. The summed E-state index contributed by atoms with van der Waals surface area (Å²) < 4.78 is 1.68. The first-order chi connectivity index (χ1) is 12.5. The summed E-state index contributed by atoms with van der Waals surface area (Å²) >= 11 is 0. The number of aryl methyl sites for hydroxylation is 1. The third-order valence-corrected chi connectivity index (χ3v) is 5.27. The van der Waals surface area contributed by atoms with Crippen molar-refractivity contribution >= 4 is 17.4 Å². The van der Waals surface area contributed by atoms with Crippen LogP contribution in [0.1, 0.15) is 53.8 Å². The number of anilines is 2. The van der Waals surface area contributed by atoms with Gasteiger partial charge in [0.15, 0.2) is 0 Å². The summed E-state index contributed by atoms with van der Waals surface area (Å²) in [7, 11) is 0. The summed E-state index contributed by atoms with van der Waals surface area (Å²) in [6, 6.07) is 3.40. The fourth-order valence-electron chi connectivity index (χ4n) is 4.07. The number of fused-ring (bicyclic) bond motifs is 2. The van der Waals surface area contributed by atoms with Crippen LogP contribution in [0.15, 0.2) is 23.3 Å². The third kappa shape index (κ3) is 2.61. The van der Waals surface area contributed by atoms with Crippen LogP contribution >= 0.6 is 0 Å². The van der Waals surface area contributed by atoms with Gasteiger partial charge in [0.25, 0.3) is 11.5 Å². The van der Waals surface area contributed by atoms with Crippen LogP contribution < -0.4 is 21.9 Å². The molecule has 3 heterocycles. The van der Waals surface area contributed by atoms with Crippen molar-refractivity contribution in [2.45, 2.75) is 51.2 Å². The van der Waals surface area contributed by atoms with Crippen molar-refractivity contribution in [1.29, 1.82) is 0 Å². The van der Waals surface area contributed by atoms with E-state index < -0.39 is 5.66 Å². The number of nitrogen functional groups attached to an aromatic ring is 1. The Balaban J connectivity index is 1.72. The van der Waals surface area contributed by atoms with Crippen molar-refractivity contribution < 1.29 is 4.79 Å². The maximum absolute atomic E-state index is 13.2. The summed E-state index contributed by atoms with van der Waals surface area (Å²) in [5.74, 6) is 0.228. The van der Waals surface area contributed by atoms with Crippen LogP contribution in [0, 0.1) is 6.92 Å². The van der Waals surface area contributed by atoms with Gasteiger partial charge in [0.05, 0.1) is 12.2 Å². The van der Waals surface area contributed by atoms with Crippen LogP contribution in [0.4, 0.5) is 11.5 Å². The summed E-state index contributed by atoms with van der Waals surface area (Å²) in [6.45, 7) is 2.22. The molecule has 1 aliphatic heterocycles. The Morgan fingerprint density at radius 3 is 2.73 bits per heavy atom. The van der Waals surface area contributed by atoms with Crippen LogP contribution in [0.3, 0.4) is 0 Å². The molecule has 0 aromatic carbocycles. The highest BCUT2D eigenvalue weighted by molar-refractivity contribution is 5.97. The number of aromatic nitrogens is 3. The van der Waals surface area contributed by atoms with E-state index in [2.05, 4.69) is 20.6 Å². The van der Waals surface area contributed by atoms with E-state index in [1.165, 1.54) is 6.33 Å². The molecule has 1 amide bonds. The van der Waals surface area contributed by atoms with E-state index in [0.717, 1.165) is 37.7 Å². The minimum absolute atomic E-state index is 0.156. The second kappa shape index (κ2) is 6.12. The number of carbonyl (C=O) groups excluding carboxylic acids is 1. The summed E-state index contributed by atoms with van der Waals surface area (Å²) in [5, 5.41) is 6.23. The molecule has 1 saturated carbocycles. The number of hydrogen-bond acceptors (Lipinski definition) is 6. The van der Waals surface area contributed by atoms with Crippen molar-refractivity contribution in [3.05, 3.63) is 45.8 Å². The second-order valence-corrected chi connectivity index (χ2v) is 7.06. The lowest BCUT2D eigenvalue weighted by Crippen LogP contribution is -2.48. The maximum atomic E-state index is 13.2. The SMILES string of the molecule is Cc1cc(NCc2cc(N)ncn2)c(=O)n2c1C(=O)NC21CCCCC1. The Morgan fingerprint density at radius 1 is 1.23 bits per heavy atom. The van der Waals surface area contributed by atoms with Gasteiger partial charge in [0, 0.05) is 6.07 Å². The predicted octanol–water partition coefficient (Wildman–Crippen LogP) is 1.50. The Hall–Kier alpha value is -2.90. The lowest BCUT2D eigenvalue weighted by atomic mass is 9.89. The Morgan fingerprint density at radius 2 is 2.00 bits per heavy atom. The topological polar surface area (TPSA) is 115 Å². The molecule has 1 aliphatic carbocycles. The number of nitrogens with zero attached hydrogens (tertiary/aromatic N) is 3. The highest BCUT2D eigenvalue weighted by atomic mass is 16.2. The van der Waals surface area contributed by atoms with Crippen molar-refractivity contribution in [2.75, 3.05) is 11.1 Å². The zero-order valence-electron chi connectivity index (χ0n) is 14.7. The first-order valence-electron chi connectivity index (χ1n) is 8.90. The van der Waals surface area contributed by atoms with Gasteiger partial charge in [-0.2, -0.15) is 0 Å². The van der Waals surface area contributed by atoms with E-state index in [1.54, 1.807) is 16.7 Å². The van der Waals surface area contributed by atoms with Gasteiger partial charge in [0.2, 0.25) is 0 Å². The molecule has 4 rings (SSSR count). The number of rotatable bonds is 3. The maximum Gasteiger partial charge on any atom is 0.276 e. The molecule has 26 heavy (non-hydrogen) atoms. The molecule has 2 aromatic heterocycles. The predicted molar refractivity (Wildman–Crippen MR) is 97.7 cm³/mol. The van der Waals surface area contributed by atoms with Crippen LogP contribution in [-0.2, 0) is 12.2 Å². The lowest BCUT2D eigenvalue weighted by molar-refractivity contribution is 0.0876. The van der Waals surface area contributed by atoms with Gasteiger partial charge in [-0.25, -0.2) is 9.97 Å². The molecule has 0 saturated heterocycles. The molecule has 0 atom stereocenters. The van der Waals surface area contributed by atoms with Gasteiger partial charge in [-0.1, -0.05) is 6.42 Å². The first kappa shape index (κ1) is 16.6. The molecule has 1 spiro atoms. The van der Waals surface area contributed by atoms with Gasteiger partial charge < -0.3 is 16.4 Å². The fraction of sp³-hybridized carbons (Fsp3) is 0.444. The number of pyridine rings is 1. The first-order valence-corrected chi connectivity index (χ1v) is 8.90. The quantitative estimate of drug-likeness (QED) is 0.769. The zero-order chi connectivity index (χ0) is 18.3. The third-order valence-electron chi connectivity index (χ3n) is 5.27. The van der Waals surface area contributed by atoms with E-state index in [0.29, 0.717) is 29.4 Å². The Labute approximate surface area is 150 Å². The fourth-order valence-corrected chi connectivity index (χ4v) is 4.07. The largest absolute Gasteiger partial charge is 0.384 e.